The molecule has 0 aromatic carbocycles. The van der Waals surface area contributed by atoms with E-state index in [1.807, 2.05) is 32.9 Å². The first kappa shape index (κ1) is 33.3. The lowest BCUT2D eigenvalue weighted by Crippen LogP contribution is -2.15. The van der Waals surface area contributed by atoms with E-state index in [1.165, 1.54) is 6.08 Å². The number of rotatable bonds is 12. The van der Waals surface area contributed by atoms with Gasteiger partial charge in [0.1, 0.15) is 0 Å². The molecule has 2 aromatic rings. The fourth-order valence-electron chi connectivity index (χ4n) is 5.61. The third-order valence-corrected chi connectivity index (χ3v) is 8.11. The third-order valence-electron chi connectivity index (χ3n) is 8.11. The molecule has 2 aliphatic rings. The van der Waals surface area contributed by atoms with Gasteiger partial charge < -0.3 is 36.3 Å². The van der Waals surface area contributed by atoms with Gasteiger partial charge in [-0.3, -0.25) is 19.2 Å². The summed E-state index contributed by atoms with van der Waals surface area (Å²) in [5.41, 5.74) is 10.2. The van der Waals surface area contributed by atoms with Crippen molar-refractivity contribution in [2.75, 3.05) is 0 Å². The lowest BCUT2D eigenvalue weighted by Gasteiger charge is -2.07. The predicted molar refractivity (Wildman–Crippen MR) is 167 cm³/mol. The SMILES string of the molecule is C=CC1=C(C)/C(=C/c2[nH]c(Cc3[nH]c(/C=C4\NC(=O)C(C)=C4C=C)c(C)c3CCC(=O)O)c(CCC(=O)O)c2C)NC1=O.O. The van der Waals surface area contributed by atoms with Gasteiger partial charge in [-0.25, -0.2) is 0 Å². The Morgan fingerprint density at radius 2 is 1.16 bits per heavy atom. The van der Waals surface area contributed by atoms with Crippen molar-refractivity contribution in [2.45, 2.75) is 59.8 Å². The van der Waals surface area contributed by atoms with Gasteiger partial charge in [-0.1, -0.05) is 25.3 Å². The van der Waals surface area contributed by atoms with Crippen molar-refractivity contribution in [1.29, 1.82) is 0 Å². The van der Waals surface area contributed by atoms with Gasteiger partial charge in [-0.15, -0.1) is 0 Å². The zero-order valence-electron chi connectivity index (χ0n) is 25.3. The molecule has 0 atom stereocenters. The first-order valence-corrected chi connectivity index (χ1v) is 13.9. The molecule has 2 aromatic heterocycles. The van der Waals surface area contributed by atoms with Crippen LogP contribution in [0.5, 0.6) is 0 Å². The fraction of sp³-hybridized carbons (Fsp3) is 0.273. The second-order valence-corrected chi connectivity index (χ2v) is 10.7. The maximum absolute atomic E-state index is 12.3. The van der Waals surface area contributed by atoms with Gasteiger partial charge in [-0.05, 0) is 80.5 Å². The number of carboxylic acids is 2. The number of hydrogen-bond donors (Lipinski definition) is 6. The molecule has 232 valence electrons. The van der Waals surface area contributed by atoms with E-state index in [0.29, 0.717) is 34.5 Å². The Labute approximate surface area is 255 Å². The third kappa shape index (κ3) is 6.57. The summed E-state index contributed by atoms with van der Waals surface area (Å²) in [6, 6.07) is 0. The summed E-state index contributed by atoms with van der Waals surface area (Å²) < 4.78 is 0. The van der Waals surface area contributed by atoms with Crippen LogP contribution in [-0.2, 0) is 38.4 Å². The van der Waals surface area contributed by atoms with E-state index in [0.717, 1.165) is 50.6 Å². The number of aliphatic carboxylic acids is 2. The smallest absolute Gasteiger partial charge is 0.303 e. The number of aromatic amines is 2. The minimum atomic E-state index is -0.922. The number of allylic oxidation sites excluding steroid dienone is 2. The number of aromatic nitrogens is 2. The lowest BCUT2D eigenvalue weighted by atomic mass is 9.98. The minimum absolute atomic E-state index is 0. The highest BCUT2D eigenvalue weighted by atomic mass is 16.4. The maximum Gasteiger partial charge on any atom is 0.303 e. The van der Waals surface area contributed by atoms with Crippen LogP contribution in [0.2, 0.25) is 0 Å². The number of carbonyl (C=O) groups excluding carboxylic acids is 2. The monoisotopic (exact) mass is 602 g/mol. The van der Waals surface area contributed by atoms with Gasteiger partial charge in [0.2, 0.25) is 0 Å². The Balaban J connectivity index is 0.00000529. The second kappa shape index (κ2) is 13.4. The first-order chi connectivity index (χ1) is 20.4. The number of amides is 2. The Hall–Kier alpha value is -5.16. The molecule has 4 rings (SSSR count). The van der Waals surface area contributed by atoms with Crippen LogP contribution in [0.25, 0.3) is 12.2 Å². The highest BCUT2D eigenvalue weighted by Crippen LogP contribution is 2.31. The quantitative estimate of drug-likeness (QED) is 0.214. The van der Waals surface area contributed by atoms with Crippen molar-refractivity contribution in [3.63, 3.8) is 0 Å². The summed E-state index contributed by atoms with van der Waals surface area (Å²) in [7, 11) is 0. The van der Waals surface area contributed by atoms with Crippen LogP contribution in [0.3, 0.4) is 0 Å². The largest absolute Gasteiger partial charge is 0.481 e. The average Bonchev–Trinajstić information content (AvgIpc) is 3.59. The highest BCUT2D eigenvalue weighted by Gasteiger charge is 2.25. The Bertz CT molecular complexity index is 1710. The van der Waals surface area contributed by atoms with Crippen LogP contribution < -0.4 is 10.6 Å². The van der Waals surface area contributed by atoms with Crippen molar-refractivity contribution in [2.24, 2.45) is 0 Å². The molecule has 11 heteroatoms. The van der Waals surface area contributed by atoms with E-state index in [9.17, 15) is 29.4 Å². The summed E-state index contributed by atoms with van der Waals surface area (Å²) in [6.07, 6.45) is 7.58. The van der Waals surface area contributed by atoms with Crippen molar-refractivity contribution >= 4 is 35.9 Å². The Kier molecular flexibility index (Phi) is 10.2. The molecule has 0 saturated heterocycles. The molecule has 0 radical (unpaired) electrons. The molecular weight excluding hydrogens is 564 g/mol. The van der Waals surface area contributed by atoms with Gasteiger partial charge in [0.15, 0.2) is 0 Å². The molecule has 0 unspecified atom stereocenters. The van der Waals surface area contributed by atoms with Crippen LogP contribution in [0.4, 0.5) is 0 Å². The fourth-order valence-corrected chi connectivity index (χ4v) is 5.61. The van der Waals surface area contributed by atoms with Crippen LogP contribution in [0.1, 0.15) is 71.7 Å². The molecule has 2 amide bonds. The minimum Gasteiger partial charge on any atom is -0.481 e. The van der Waals surface area contributed by atoms with Crippen LogP contribution in [-0.4, -0.2) is 49.4 Å². The van der Waals surface area contributed by atoms with Crippen molar-refractivity contribution in [1.82, 2.24) is 20.6 Å². The summed E-state index contributed by atoms with van der Waals surface area (Å²) >= 11 is 0. The van der Waals surface area contributed by atoms with E-state index < -0.39 is 11.9 Å². The normalized spacial score (nSPS) is 16.5. The Morgan fingerprint density at radius 1 is 0.705 bits per heavy atom. The van der Waals surface area contributed by atoms with E-state index in [1.54, 1.807) is 13.0 Å². The summed E-state index contributed by atoms with van der Waals surface area (Å²) in [5.74, 6) is -2.28. The van der Waals surface area contributed by atoms with Crippen molar-refractivity contribution < 1.29 is 34.9 Å². The molecule has 8 N–H and O–H groups in total. The molecule has 0 fully saturated rings. The lowest BCUT2D eigenvalue weighted by molar-refractivity contribution is -0.138. The zero-order chi connectivity index (χ0) is 31.6. The van der Waals surface area contributed by atoms with Crippen molar-refractivity contribution in [3.05, 3.63) is 104 Å². The molecule has 4 heterocycles. The van der Waals surface area contributed by atoms with Gasteiger partial charge in [0.05, 0.1) is 5.70 Å². The molecule has 44 heavy (non-hydrogen) atoms. The van der Waals surface area contributed by atoms with E-state index >= 15 is 0 Å². The van der Waals surface area contributed by atoms with E-state index in [-0.39, 0.29) is 43.0 Å². The molecule has 0 bridgehead atoms. The van der Waals surface area contributed by atoms with E-state index in [2.05, 4.69) is 33.8 Å². The molecule has 0 saturated carbocycles. The molecule has 2 aliphatic heterocycles. The molecule has 0 spiro atoms. The number of H-pyrrole nitrogens is 2. The second-order valence-electron chi connectivity index (χ2n) is 10.7. The first-order valence-electron chi connectivity index (χ1n) is 13.9. The molecule has 0 aliphatic carbocycles. The van der Waals surface area contributed by atoms with Crippen LogP contribution >= 0.6 is 0 Å². The van der Waals surface area contributed by atoms with Gasteiger partial charge in [-0.2, -0.15) is 0 Å². The van der Waals surface area contributed by atoms with Gasteiger partial charge in [0, 0.05) is 64.5 Å². The Morgan fingerprint density at radius 3 is 1.59 bits per heavy atom. The van der Waals surface area contributed by atoms with E-state index in [4.69, 9.17) is 0 Å². The van der Waals surface area contributed by atoms with Gasteiger partial charge >= 0.3 is 11.9 Å². The van der Waals surface area contributed by atoms with Crippen molar-refractivity contribution in [3.8, 4) is 0 Å². The van der Waals surface area contributed by atoms with Gasteiger partial charge in [0.25, 0.3) is 11.8 Å². The zero-order valence-corrected chi connectivity index (χ0v) is 25.3. The standard InChI is InChI=1S/C33H36N4O6.H2O/c1-7-20-19(6)32(42)37-27(20)14-25-18(5)23(10-12-31(40)41)29(35-25)15-28-22(9-11-30(38)39)17(4)24(34-28)13-26-16(3)21(8-2)33(43)36-26;/h7-8,13-14,34-35H,1-2,9-12,15H2,3-6H3,(H,36,43)(H,37,42)(H,38,39)(H,40,41);1H2/b26-13-,27-14-;. The topological polar surface area (TPSA) is 196 Å². The predicted octanol–water partition coefficient (Wildman–Crippen LogP) is 3.71. The summed E-state index contributed by atoms with van der Waals surface area (Å²) in [5, 5.41) is 24.6. The number of carboxylic acid groups (broad SMARTS) is 2. The number of hydrogen-bond acceptors (Lipinski definition) is 4. The maximum atomic E-state index is 12.3. The number of nitrogens with one attached hydrogen (secondary N) is 4. The number of carbonyl (C=O) groups is 4. The highest BCUT2D eigenvalue weighted by molar-refractivity contribution is 6.03. The summed E-state index contributed by atoms with van der Waals surface area (Å²) in [4.78, 5) is 54.5. The molecule has 11 nitrogen and oxygen atoms in total. The van der Waals surface area contributed by atoms with Crippen LogP contribution in [0, 0.1) is 13.8 Å². The molecular formula is C33H38N4O7. The summed E-state index contributed by atoms with van der Waals surface area (Å²) in [6.45, 7) is 14.9. The van der Waals surface area contributed by atoms with Crippen LogP contribution in [0.15, 0.2) is 59.0 Å². The average molecular weight is 603 g/mol.